The molecule has 1 fully saturated rings. The van der Waals surface area contributed by atoms with Crippen molar-refractivity contribution in [2.24, 2.45) is 0 Å². The van der Waals surface area contributed by atoms with Crippen molar-refractivity contribution in [3.8, 4) is 0 Å². The Morgan fingerprint density at radius 1 is 0.963 bits per heavy atom. The first kappa shape index (κ1) is 19.0. The molecule has 1 saturated heterocycles. The molecule has 142 valence electrons. The number of hydrogen-bond donors (Lipinski definition) is 2. The Morgan fingerprint density at radius 3 is 2.19 bits per heavy atom. The molecule has 3 amide bonds. The van der Waals surface area contributed by atoms with Gasteiger partial charge in [0.25, 0.3) is 5.91 Å². The van der Waals surface area contributed by atoms with E-state index in [9.17, 15) is 9.59 Å². The van der Waals surface area contributed by atoms with Gasteiger partial charge in [0.2, 0.25) is 0 Å². The number of urea groups is 1. The van der Waals surface area contributed by atoms with Crippen LogP contribution in [0.4, 0.5) is 10.5 Å². The molecule has 2 aromatic rings. The molecule has 0 aliphatic carbocycles. The van der Waals surface area contributed by atoms with Crippen LogP contribution in [0.15, 0.2) is 54.6 Å². The number of para-hydroxylation sites is 1. The summed E-state index contributed by atoms with van der Waals surface area (Å²) in [7, 11) is 0. The van der Waals surface area contributed by atoms with Gasteiger partial charge in [-0.3, -0.25) is 4.79 Å². The summed E-state index contributed by atoms with van der Waals surface area (Å²) in [5.41, 5.74) is 2.74. The maximum Gasteiger partial charge on any atom is 0.319 e. The zero-order chi connectivity index (χ0) is 19.2. The number of anilines is 1. The highest BCUT2D eigenvalue weighted by molar-refractivity contribution is 5.94. The van der Waals surface area contributed by atoms with Gasteiger partial charge in [0.05, 0.1) is 0 Å². The normalized spacial score (nSPS) is 14.9. The van der Waals surface area contributed by atoms with Crippen LogP contribution in [0.3, 0.4) is 0 Å². The molecule has 0 saturated carbocycles. The van der Waals surface area contributed by atoms with E-state index >= 15 is 0 Å². The number of nitrogens with one attached hydrogen (secondary N) is 2. The van der Waals surface area contributed by atoms with E-state index in [1.165, 1.54) is 5.56 Å². The number of amides is 3. The molecule has 0 spiro atoms. The van der Waals surface area contributed by atoms with Gasteiger partial charge in [-0.2, -0.15) is 0 Å². The van der Waals surface area contributed by atoms with Crippen LogP contribution in [0.5, 0.6) is 0 Å². The summed E-state index contributed by atoms with van der Waals surface area (Å²) >= 11 is 0. The standard InChI is InChI=1S/C22H27N3O2/c1-16(2)17-8-10-18(11-9-17)21(26)25-14-12-20(13-15-25)24-22(27)23-19-6-4-3-5-7-19/h3-11,16,20H,12-15H2,1-2H3,(H2,23,24,27). The zero-order valence-corrected chi connectivity index (χ0v) is 15.9. The highest BCUT2D eigenvalue weighted by Crippen LogP contribution is 2.18. The third-order valence-electron chi connectivity index (χ3n) is 4.97. The fourth-order valence-corrected chi connectivity index (χ4v) is 3.29. The fourth-order valence-electron chi connectivity index (χ4n) is 3.29. The Morgan fingerprint density at radius 2 is 1.59 bits per heavy atom. The predicted octanol–water partition coefficient (Wildman–Crippen LogP) is 4.24. The second-order valence-corrected chi connectivity index (χ2v) is 7.31. The Kier molecular flexibility index (Phi) is 6.12. The molecule has 3 rings (SSSR count). The zero-order valence-electron chi connectivity index (χ0n) is 15.9. The number of rotatable bonds is 4. The van der Waals surface area contributed by atoms with Gasteiger partial charge < -0.3 is 15.5 Å². The molecule has 27 heavy (non-hydrogen) atoms. The average molecular weight is 365 g/mol. The second-order valence-electron chi connectivity index (χ2n) is 7.31. The van der Waals surface area contributed by atoms with Crippen molar-refractivity contribution in [3.05, 3.63) is 65.7 Å². The molecule has 5 nitrogen and oxygen atoms in total. The van der Waals surface area contributed by atoms with E-state index in [1.807, 2.05) is 59.5 Å². The largest absolute Gasteiger partial charge is 0.338 e. The van der Waals surface area contributed by atoms with Crippen molar-refractivity contribution in [1.29, 1.82) is 0 Å². The Bertz CT molecular complexity index is 764. The lowest BCUT2D eigenvalue weighted by Crippen LogP contribution is -2.47. The monoisotopic (exact) mass is 365 g/mol. The van der Waals surface area contributed by atoms with E-state index in [0.717, 1.165) is 24.1 Å². The number of nitrogens with zero attached hydrogens (tertiary/aromatic N) is 1. The Labute approximate surface area is 160 Å². The maximum absolute atomic E-state index is 12.7. The van der Waals surface area contributed by atoms with Crippen molar-refractivity contribution in [2.45, 2.75) is 38.6 Å². The van der Waals surface area contributed by atoms with Gasteiger partial charge in [-0.25, -0.2) is 4.79 Å². The molecule has 0 aromatic heterocycles. The van der Waals surface area contributed by atoms with Gasteiger partial charge in [-0.1, -0.05) is 44.2 Å². The summed E-state index contributed by atoms with van der Waals surface area (Å²) in [4.78, 5) is 26.7. The van der Waals surface area contributed by atoms with Crippen molar-refractivity contribution < 1.29 is 9.59 Å². The minimum absolute atomic E-state index is 0.0671. The number of hydrogen-bond acceptors (Lipinski definition) is 2. The molecule has 0 radical (unpaired) electrons. The molecule has 2 aromatic carbocycles. The maximum atomic E-state index is 12.7. The van der Waals surface area contributed by atoms with Crippen LogP contribution in [0.25, 0.3) is 0 Å². The first-order valence-corrected chi connectivity index (χ1v) is 9.54. The Hall–Kier alpha value is -2.82. The number of carbonyl (C=O) groups excluding carboxylic acids is 2. The van der Waals surface area contributed by atoms with Gasteiger partial charge in [-0.05, 0) is 48.6 Å². The summed E-state index contributed by atoms with van der Waals surface area (Å²) in [6.45, 7) is 5.59. The first-order chi connectivity index (χ1) is 13.0. The molecular weight excluding hydrogens is 338 g/mol. The third kappa shape index (κ3) is 5.09. The first-order valence-electron chi connectivity index (χ1n) is 9.54. The molecular formula is C22H27N3O2. The Balaban J connectivity index is 1.48. The highest BCUT2D eigenvalue weighted by Gasteiger charge is 2.24. The number of carbonyl (C=O) groups is 2. The quantitative estimate of drug-likeness (QED) is 0.851. The fraction of sp³-hybridized carbons (Fsp3) is 0.364. The van der Waals surface area contributed by atoms with Crippen LogP contribution in [0.1, 0.15) is 48.5 Å². The molecule has 2 N–H and O–H groups in total. The van der Waals surface area contributed by atoms with E-state index in [2.05, 4.69) is 24.5 Å². The SMILES string of the molecule is CC(C)c1ccc(C(=O)N2CCC(NC(=O)Nc3ccccc3)CC2)cc1. The minimum Gasteiger partial charge on any atom is -0.338 e. The lowest BCUT2D eigenvalue weighted by molar-refractivity contribution is 0.0709. The van der Waals surface area contributed by atoms with Crippen LogP contribution >= 0.6 is 0 Å². The second kappa shape index (κ2) is 8.71. The van der Waals surface area contributed by atoms with Crippen LogP contribution in [0, 0.1) is 0 Å². The van der Waals surface area contributed by atoms with E-state index in [1.54, 1.807) is 0 Å². The van der Waals surface area contributed by atoms with Crippen molar-refractivity contribution in [3.63, 3.8) is 0 Å². The third-order valence-corrected chi connectivity index (χ3v) is 4.97. The van der Waals surface area contributed by atoms with E-state index in [4.69, 9.17) is 0 Å². The summed E-state index contributed by atoms with van der Waals surface area (Å²) in [5.74, 6) is 0.524. The summed E-state index contributed by atoms with van der Waals surface area (Å²) in [5, 5.41) is 5.83. The van der Waals surface area contributed by atoms with Gasteiger partial charge in [0, 0.05) is 30.4 Å². The van der Waals surface area contributed by atoms with Gasteiger partial charge >= 0.3 is 6.03 Å². The number of benzene rings is 2. The topological polar surface area (TPSA) is 61.4 Å². The van der Waals surface area contributed by atoms with E-state index < -0.39 is 0 Å². The molecule has 1 heterocycles. The lowest BCUT2D eigenvalue weighted by atomic mass is 10.0. The number of likely N-dealkylation sites (tertiary alicyclic amines) is 1. The minimum atomic E-state index is -0.199. The molecule has 1 aliphatic heterocycles. The smallest absolute Gasteiger partial charge is 0.319 e. The predicted molar refractivity (Wildman–Crippen MR) is 108 cm³/mol. The van der Waals surface area contributed by atoms with Crippen molar-refractivity contribution in [2.75, 3.05) is 18.4 Å². The van der Waals surface area contributed by atoms with Crippen molar-refractivity contribution >= 4 is 17.6 Å². The molecule has 0 unspecified atom stereocenters. The van der Waals surface area contributed by atoms with Crippen molar-refractivity contribution in [1.82, 2.24) is 10.2 Å². The van der Waals surface area contributed by atoms with Crippen LogP contribution in [-0.2, 0) is 0 Å². The van der Waals surface area contributed by atoms with Crippen LogP contribution in [-0.4, -0.2) is 36.0 Å². The molecule has 1 aliphatic rings. The molecule has 5 heteroatoms. The summed E-state index contributed by atoms with van der Waals surface area (Å²) < 4.78 is 0. The lowest BCUT2D eigenvalue weighted by Gasteiger charge is -2.32. The average Bonchev–Trinajstić information content (AvgIpc) is 2.69. The molecule has 0 bridgehead atoms. The highest BCUT2D eigenvalue weighted by atomic mass is 16.2. The van der Waals surface area contributed by atoms with Gasteiger partial charge in [0.15, 0.2) is 0 Å². The van der Waals surface area contributed by atoms with Gasteiger partial charge in [0.1, 0.15) is 0 Å². The molecule has 0 atom stereocenters. The van der Waals surface area contributed by atoms with Gasteiger partial charge in [-0.15, -0.1) is 0 Å². The van der Waals surface area contributed by atoms with E-state index in [0.29, 0.717) is 19.0 Å². The number of piperidine rings is 1. The van der Waals surface area contributed by atoms with Crippen LogP contribution in [0.2, 0.25) is 0 Å². The summed E-state index contributed by atoms with van der Waals surface area (Å²) in [6.07, 6.45) is 1.52. The van der Waals surface area contributed by atoms with E-state index in [-0.39, 0.29) is 18.0 Å². The summed E-state index contributed by atoms with van der Waals surface area (Å²) in [6, 6.07) is 17.1. The van der Waals surface area contributed by atoms with Crippen LogP contribution < -0.4 is 10.6 Å².